The molecule has 0 aromatic heterocycles. The summed E-state index contributed by atoms with van der Waals surface area (Å²) in [6.07, 6.45) is 1.06. The molecule has 1 saturated heterocycles. The van der Waals surface area contributed by atoms with E-state index in [1.54, 1.807) is 18.2 Å². The zero-order chi connectivity index (χ0) is 13.3. The molecular weight excluding hydrogens is 248 g/mol. The van der Waals surface area contributed by atoms with Gasteiger partial charge in [0.15, 0.2) is 11.5 Å². The van der Waals surface area contributed by atoms with Crippen LogP contribution in [0.2, 0.25) is 0 Å². The molecule has 0 saturated carbocycles. The predicted molar refractivity (Wildman–Crippen MR) is 68.2 cm³/mol. The second-order valence-corrected chi connectivity index (χ2v) is 4.79. The number of carbonyl (C=O) groups is 1. The molecule has 0 bridgehead atoms. The zero-order valence-corrected chi connectivity index (χ0v) is 10.5. The van der Waals surface area contributed by atoms with Crippen molar-refractivity contribution in [1.29, 1.82) is 0 Å². The van der Waals surface area contributed by atoms with E-state index >= 15 is 0 Å². The van der Waals surface area contributed by atoms with E-state index < -0.39 is 5.54 Å². The number of fused-ring (bicyclic) bond motifs is 1. The van der Waals surface area contributed by atoms with Crippen LogP contribution in [0.4, 0.5) is 5.69 Å². The number of rotatable bonds is 2. The van der Waals surface area contributed by atoms with Crippen LogP contribution in [0.3, 0.4) is 0 Å². The highest BCUT2D eigenvalue weighted by molar-refractivity contribution is 5.98. The second-order valence-electron chi connectivity index (χ2n) is 4.79. The van der Waals surface area contributed by atoms with Crippen LogP contribution in [0.5, 0.6) is 11.5 Å². The summed E-state index contributed by atoms with van der Waals surface area (Å²) in [5.41, 5.74) is 5.92. The summed E-state index contributed by atoms with van der Waals surface area (Å²) in [5.74, 6) is 1.14. The summed E-state index contributed by atoms with van der Waals surface area (Å²) in [7, 11) is 0. The average molecular weight is 264 g/mol. The summed E-state index contributed by atoms with van der Waals surface area (Å²) in [6.45, 7) is 1.25. The molecule has 19 heavy (non-hydrogen) atoms. The summed E-state index contributed by atoms with van der Waals surface area (Å²) in [6, 6.07) is 5.28. The van der Waals surface area contributed by atoms with Crippen molar-refractivity contribution in [2.24, 2.45) is 5.73 Å². The lowest BCUT2D eigenvalue weighted by Crippen LogP contribution is -2.54. The highest BCUT2D eigenvalue weighted by Gasteiger charge is 2.36. The minimum atomic E-state index is -0.853. The van der Waals surface area contributed by atoms with Crippen molar-refractivity contribution in [1.82, 2.24) is 0 Å². The number of ether oxygens (including phenoxy) is 3. The lowest BCUT2D eigenvalue weighted by molar-refractivity contribution is -0.124. The van der Waals surface area contributed by atoms with E-state index in [0.717, 1.165) is 0 Å². The van der Waals surface area contributed by atoms with Gasteiger partial charge in [-0.3, -0.25) is 4.79 Å². The second kappa shape index (κ2) is 4.71. The molecule has 1 aromatic carbocycles. The van der Waals surface area contributed by atoms with Gasteiger partial charge < -0.3 is 25.3 Å². The van der Waals surface area contributed by atoms with Crippen molar-refractivity contribution < 1.29 is 19.0 Å². The molecule has 0 spiro atoms. The molecule has 3 N–H and O–H groups in total. The summed E-state index contributed by atoms with van der Waals surface area (Å²) < 4.78 is 15.7. The topological polar surface area (TPSA) is 82.8 Å². The standard InChI is InChI=1S/C13H16N2O4/c14-13(3-5-17-6-4-13)12(16)15-9-1-2-10-11(7-9)19-8-18-10/h1-2,7H,3-6,8,14H2,(H,15,16). The van der Waals surface area contributed by atoms with Crippen molar-refractivity contribution >= 4 is 11.6 Å². The van der Waals surface area contributed by atoms with Crippen molar-refractivity contribution in [3.05, 3.63) is 18.2 Å². The molecule has 6 heteroatoms. The van der Waals surface area contributed by atoms with Gasteiger partial charge in [-0.05, 0) is 25.0 Å². The molecule has 1 fully saturated rings. The largest absolute Gasteiger partial charge is 0.454 e. The third-order valence-corrected chi connectivity index (χ3v) is 3.47. The maximum Gasteiger partial charge on any atom is 0.244 e. The Hall–Kier alpha value is -1.79. The van der Waals surface area contributed by atoms with Gasteiger partial charge in [-0.25, -0.2) is 0 Å². The Morgan fingerprint density at radius 1 is 1.21 bits per heavy atom. The molecule has 3 rings (SSSR count). The van der Waals surface area contributed by atoms with Crippen molar-refractivity contribution in [2.75, 3.05) is 25.3 Å². The number of hydrogen-bond donors (Lipinski definition) is 2. The maximum atomic E-state index is 12.2. The van der Waals surface area contributed by atoms with E-state index in [1.165, 1.54) is 0 Å². The first-order valence-corrected chi connectivity index (χ1v) is 6.25. The smallest absolute Gasteiger partial charge is 0.244 e. The van der Waals surface area contributed by atoms with Crippen LogP contribution < -0.4 is 20.5 Å². The Morgan fingerprint density at radius 2 is 1.95 bits per heavy atom. The molecule has 0 unspecified atom stereocenters. The Kier molecular flexibility index (Phi) is 3.04. The molecule has 2 aliphatic heterocycles. The number of benzene rings is 1. The summed E-state index contributed by atoms with van der Waals surface area (Å²) >= 11 is 0. The van der Waals surface area contributed by atoms with Crippen molar-refractivity contribution in [3.63, 3.8) is 0 Å². The fraction of sp³-hybridized carbons (Fsp3) is 0.462. The van der Waals surface area contributed by atoms with E-state index in [-0.39, 0.29) is 12.7 Å². The molecular formula is C13H16N2O4. The first-order valence-electron chi connectivity index (χ1n) is 6.25. The first-order chi connectivity index (χ1) is 9.17. The summed E-state index contributed by atoms with van der Waals surface area (Å²) in [5, 5.41) is 2.83. The zero-order valence-electron chi connectivity index (χ0n) is 10.5. The number of anilines is 1. The Morgan fingerprint density at radius 3 is 2.74 bits per heavy atom. The number of carbonyl (C=O) groups excluding carboxylic acids is 1. The van der Waals surface area contributed by atoms with Crippen LogP contribution in [0.25, 0.3) is 0 Å². The van der Waals surface area contributed by atoms with Gasteiger partial charge in [0, 0.05) is 25.0 Å². The lowest BCUT2D eigenvalue weighted by Gasteiger charge is -2.31. The molecule has 0 aliphatic carbocycles. The molecule has 1 aromatic rings. The molecule has 0 atom stereocenters. The van der Waals surface area contributed by atoms with E-state index in [1.807, 2.05) is 0 Å². The Labute approximate surface area is 110 Å². The van der Waals surface area contributed by atoms with Gasteiger partial charge in [-0.1, -0.05) is 0 Å². The summed E-state index contributed by atoms with van der Waals surface area (Å²) in [4.78, 5) is 12.2. The van der Waals surface area contributed by atoms with Crippen LogP contribution in [0.1, 0.15) is 12.8 Å². The number of hydrogen-bond acceptors (Lipinski definition) is 5. The fourth-order valence-electron chi connectivity index (χ4n) is 2.19. The molecule has 2 aliphatic rings. The quantitative estimate of drug-likeness (QED) is 0.828. The normalized spacial score (nSPS) is 20.1. The number of nitrogens with two attached hydrogens (primary N) is 1. The van der Waals surface area contributed by atoms with Gasteiger partial charge in [0.2, 0.25) is 12.7 Å². The highest BCUT2D eigenvalue weighted by Crippen LogP contribution is 2.34. The Balaban J connectivity index is 1.72. The van der Waals surface area contributed by atoms with Crippen LogP contribution in [-0.4, -0.2) is 31.5 Å². The van der Waals surface area contributed by atoms with Gasteiger partial charge in [0.1, 0.15) is 5.54 Å². The van der Waals surface area contributed by atoms with E-state index in [2.05, 4.69) is 5.32 Å². The monoisotopic (exact) mass is 264 g/mol. The average Bonchev–Trinajstić information content (AvgIpc) is 2.87. The van der Waals surface area contributed by atoms with Crippen LogP contribution >= 0.6 is 0 Å². The molecule has 2 heterocycles. The van der Waals surface area contributed by atoms with E-state index in [0.29, 0.717) is 43.2 Å². The lowest BCUT2D eigenvalue weighted by atomic mass is 9.90. The molecule has 0 radical (unpaired) electrons. The van der Waals surface area contributed by atoms with E-state index in [4.69, 9.17) is 19.9 Å². The number of amides is 1. The van der Waals surface area contributed by atoms with Gasteiger partial charge in [-0.2, -0.15) is 0 Å². The minimum absolute atomic E-state index is 0.185. The van der Waals surface area contributed by atoms with Gasteiger partial charge in [-0.15, -0.1) is 0 Å². The molecule has 6 nitrogen and oxygen atoms in total. The van der Waals surface area contributed by atoms with E-state index in [9.17, 15) is 4.79 Å². The number of nitrogens with one attached hydrogen (secondary N) is 1. The van der Waals surface area contributed by atoms with Crippen molar-refractivity contribution in [3.8, 4) is 11.5 Å². The van der Waals surface area contributed by atoms with Crippen LogP contribution in [0.15, 0.2) is 18.2 Å². The minimum Gasteiger partial charge on any atom is -0.454 e. The fourth-order valence-corrected chi connectivity index (χ4v) is 2.19. The third kappa shape index (κ3) is 2.36. The molecule has 102 valence electrons. The van der Waals surface area contributed by atoms with Crippen LogP contribution in [-0.2, 0) is 9.53 Å². The van der Waals surface area contributed by atoms with Gasteiger partial charge in [0.05, 0.1) is 0 Å². The Bertz CT molecular complexity index is 497. The van der Waals surface area contributed by atoms with Crippen LogP contribution in [0, 0.1) is 0 Å². The SMILES string of the molecule is NC1(C(=O)Nc2ccc3c(c2)OCO3)CCOCC1. The van der Waals surface area contributed by atoms with Crippen molar-refractivity contribution in [2.45, 2.75) is 18.4 Å². The maximum absolute atomic E-state index is 12.2. The molecule has 1 amide bonds. The van der Waals surface area contributed by atoms with Gasteiger partial charge in [0.25, 0.3) is 0 Å². The van der Waals surface area contributed by atoms with Gasteiger partial charge >= 0.3 is 0 Å². The predicted octanol–water partition coefficient (Wildman–Crippen LogP) is 0.862. The third-order valence-electron chi connectivity index (χ3n) is 3.47. The highest BCUT2D eigenvalue weighted by atomic mass is 16.7. The first kappa shape index (κ1) is 12.3.